The number of hydrogen-bond acceptors (Lipinski definition) is 3. The molecule has 0 radical (unpaired) electrons. The van der Waals surface area contributed by atoms with Gasteiger partial charge in [0.25, 0.3) is 0 Å². The molecule has 0 unspecified atom stereocenters. The second kappa shape index (κ2) is 11.4. The Labute approximate surface area is 287 Å². The highest BCUT2D eigenvalue weighted by molar-refractivity contribution is 6.11. The third kappa shape index (κ3) is 4.38. The Bertz CT molecular complexity index is 2970. The number of aromatic nitrogens is 2. The van der Waals surface area contributed by atoms with Crippen molar-refractivity contribution < 1.29 is 0 Å². The number of para-hydroxylation sites is 3. The maximum atomic E-state index is 10.3. The lowest BCUT2D eigenvalue weighted by molar-refractivity contribution is 1.17. The molecule has 7 aromatic carbocycles. The average Bonchev–Trinajstić information content (AvgIpc) is 3.69. The van der Waals surface area contributed by atoms with Crippen LogP contribution in [0.2, 0.25) is 0 Å². The quantitative estimate of drug-likeness (QED) is 0.193. The van der Waals surface area contributed by atoms with Gasteiger partial charge in [-0.3, -0.25) is 0 Å². The zero-order valence-electron chi connectivity index (χ0n) is 26.7. The van der Waals surface area contributed by atoms with E-state index in [1.165, 1.54) is 0 Å². The minimum Gasteiger partial charge on any atom is -0.309 e. The Morgan fingerprint density at radius 2 is 0.920 bits per heavy atom. The molecule has 0 bridgehead atoms. The van der Waals surface area contributed by atoms with Gasteiger partial charge in [0.05, 0.1) is 62.7 Å². The fraction of sp³-hybridized carbons (Fsp3) is 0. The van der Waals surface area contributed by atoms with Gasteiger partial charge >= 0.3 is 0 Å². The molecule has 9 rings (SSSR count). The first kappa shape index (κ1) is 28.8. The van der Waals surface area contributed by atoms with E-state index in [1.54, 1.807) is 0 Å². The van der Waals surface area contributed by atoms with Crippen LogP contribution >= 0.6 is 0 Å². The van der Waals surface area contributed by atoms with Crippen molar-refractivity contribution in [3.05, 3.63) is 168 Å². The highest BCUT2D eigenvalue weighted by Gasteiger charge is 2.19. The number of rotatable bonds is 4. The summed E-state index contributed by atoms with van der Waals surface area (Å²) >= 11 is 0. The van der Waals surface area contributed by atoms with Crippen LogP contribution in [0.3, 0.4) is 0 Å². The zero-order valence-corrected chi connectivity index (χ0v) is 26.7. The summed E-state index contributed by atoms with van der Waals surface area (Å²) in [5, 5.41) is 34.0. The molecule has 230 valence electrons. The largest absolute Gasteiger partial charge is 0.309 e. The van der Waals surface area contributed by atoms with Crippen molar-refractivity contribution >= 4 is 43.6 Å². The van der Waals surface area contributed by atoms with Crippen LogP contribution in [0.15, 0.2) is 152 Å². The van der Waals surface area contributed by atoms with Crippen LogP contribution in [-0.4, -0.2) is 9.13 Å². The van der Waals surface area contributed by atoms with E-state index in [0.717, 1.165) is 77.2 Å². The SMILES string of the molecule is N#Cc1cc(-c2ccccc2-c2ccccc2-n2c3ccccc3c3cc(C#N)ccc32)cc(-n2c3ccccc3c3ccc(C#N)cc32)c1. The van der Waals surface area contributed by atoms with E-state index < -0.39 is 0 Å². The lowest BCUT2D eigenvalue weighted by Gasteiger charge is -2.18. The highest BCUT2D eigenvalue weighted by atomic mass is 15.0. The first-order valence-corrected chi connectivity index (χ1v) is 16.3. The van der Waals surface area contributed by atoms with E-state index in [0.29, 0.717) is 16.7 Å². The molecule has 2 heterocycles. The van der Waals surface area contributed by atoms with Crippen molar-refractivity contribution in [2.75, 3.05) is 0 Å². The van der Waals surface area contributed by atoms with Crippen molar-refractivity contribution in [1.29, 1.82) is 15.8 Å². The normalized spacial score (nSPS) is 11.1. The monoisotopic (exact) mass is 635 g/mol. The summed E-state index contributed by atoms with van der Waals surface area (Å²) in [4.78, 5) is 0. The molecule has 0 aliphatic carbocycles. The third-order valence-corrected chi connectivity index (χ3v) is 9.58. The van der Waals surface area contributed by atoms with Gasteiger partial charge in [-0.25, -0.2) is 0 Å². The van der Waals surface area contributed by atoms with Crippen LogP contribution in [0.4, 0.5) is 0 Å². The summed E-state index contributed by atoms with van der Waals surface area (Å²) in [6, 6.07) is 57.9. The molecule has 0 amide bonds. The lowest BCUT2D eigenvalue weighted by Crippen LogP contribution is -1.99. The van der Waals surface area contributed by atoms with Crippen molar-refractivity contribution in [2.45, 2.75) is 0 Å². The van der Waals surface area contributed by atoms with Gasteiger partial charge in [-0.15, -0.1) is 0 Å². The van der Waals surface area contributed by atoms with E-state index in [4.69, 9.17) is 0 Å². The molecule has 0 N–H and O–H groups in total. The standard InChI is InChI=1S/C45H25N5/c46-26-29-18-20-44-40(23-29)38-13-5-8-16-43(38)50(44)42-15-7-3-11-36(42)35-10-2-1-9-34(35)32-21-31(28-48)22-33(25-32)49-41-14-6-4-12-37(41)39-19-17-30(27-47)24-45(39)49/h1-25H. The molecule has 0 spiro atoms. The Hall–Kier alpha value is -7.39. The predicted molar refractivity (Wildman–Crippen MR) is 200 cm³/mol. The molecule has 0 aliphatic heterocycles. The maximum absolute atomic E-state index is 10.3. The van der Waals surface area contributed by atoms with Gasteiger partial charge in [0.1, 0.15) is 0 Å². The molecule has 0 saturated carbocycles. The topological polar surface area (TPSA) is 81.2 Å². The lowest BCUT2D eigenvalue weighted by atomic mass is 9.92. The van der Waals surface area contributed by atoms with Crippen LogP contribution in [0.5, 0.6) is 0 Å². The van der Waals surface area contributed by atoms with Gasteiger partial charge in [-0.1, -0.05) is 84.9 Å². The number of benzene rings is 7. The van der Waals surface area contributed by atoms with Crippen LogP contribution in [0.25, 0.3) is 77.2 Å². The fourth-order valence-corrected chi connectivity index (χ4v) is 7.45. The average molecular weight is 636 g/mol. The van der Waals surface area contributed by atoms with Crippen molar-refractivity contribution in [1.82, 2.24) is 9.13 Å². The molecule has 0 fully saturated rings. The van der Waals surface area contributed by atoms with Crippen molar-refractivity contribution in [3.63, 3.8) is 0 Å². The van der Waals surface area contributed by atoms with E-state index in [9.17, 15) is 15.8 Å². The molecule has 2 aromatic heterocycles. The van der Waals surface area contributed by atoms with Gasteiger partial charge in [0.2, 0.25) is 0 Å². The molecule has 50 heavy (non-hydrogen) atoms. The number of hydrogen-bond donors (Lipinski definition) is 0. The van der Waals surface area contributed by atoms with Crippen LogP contribution in [0, 0.1) is 34.0 Å². The Kier molecular flexibility index (Phi) is 6.56. The number of fused-ring (bicyclic) bond motifs is 6. The Balaban J connectivity index is 1.29. The van der Waals surface area contributed by atoms with Gasteiger partial charge in [0.15, 0.2) is 0 Å². The first-order chi connectivity index (χ1) is 24.7. The fourth-order valence-electron chi connectivity index (χ4n) is 7.45. The van der Waals surface area contributed by atoms with Crippen molar-refractivity contribution in [2.24, 2.45) is 0 Å². The third-order valence-electron chi connectivity index (χ3n) is 9.58. The number of nitrogens with zero attached hydrogens (tertiary/aromatic N) is 5. The molecule has 9 aromatic rings. The van der Waals surface area contributed by atoms with Gasteiger partial charge in [-0.2, -0.15) is 15.8 Å². The molecular weight excluding hydrogens is 611 g/mol. The smallest absolute Gasteiger partial charge is 0.0992 e. The Morgan fingerprint density at radius 3 is 1.68 bits per heavy atom. The minimum atomic E-state index is 0.540. The van der Waals surface area contributed by atoms with Gasteiger partial charge in [-0.05, 0) is 83.4 Å². The summed E-state index contributed by atoms with van der Waals surface area (Å²) in [5.41, 5.74) is 11.6. The second-order valence-corrected chi connectivity index (χ2v) is 12.3. The summed E-state index contributed by atoms with van der Waals surface area (Å²) in [7, 11) is 0. The molecule has 5 nitrogen and oxygen atoms in total. The van der Waals surface area contributed by atoms with E-state index in [2.05, 4.69) is 94.1 Å². The summed E-state index contributed by atoms with van der Waals surface area (Å²) in [6.45, 7) is 0. The zero-order chi connectivity index (χ0) is 33.8. The molecule has 0 aliphatic rings. The second-order valence-electron chi connectivity index (χ2n) is 12.3. The Morgan fingerprint density at radius 1 is 0.360 bits per heavy atom. The van der Waals surface area contributed by atoms with Gasteiger partial charge in [0, 0.05) is 32.8 Å². The van der Waals surface area contributed by atoms with E-state index in [-0.39, 0.29) is 0 Å². The first-order valence-electron chi connectivity index (χ1n) is 16.3. The summed E-state index contributed by atoms with van der Waals surface area (Å²) in [5.74, 6) is 0. The van der Waals surface area contributed by atoms with Crippen molar-refractivity contribution in [3.8, 4) is 51.8 Å². The molecule has 5 heteroatoms. The van der Waals surface area contributed by atoms with Gasteiger partial charge < -0.3 is 9.13 Å². The summed E-state index contributed by atoms with van der Waals surface area (Å²) in [6.07, 6.45) is 0. The minimum absolute atomic E-state index is 0.540. The van der Waals surface area contributed by atoms with E-state index >= 15 is 0 Å². The highest BCUT2D eigenvalue weighted by Crippen LogP contribution is 2.41. The van der Waals surface area contributed by atoms with Crippen LogP contribution in [-0.2, 0) is 0 Å². The van der Waals surface area contributed by atoms with Crippen LogP contribution < -0.4 is 0 Å². The molecule has 0 saturated heterocycles. The van der Waals surface area contributed by atoms with Crippen LogP contribution in [0.1, 0.15) is 16.7 Å². The number of nitriles is 3. The maximum Gasteiger partial charge on any atom is 0.0992 e. The molecular formula is C45H25N5. The predicted octanol–water partition coefficient (Wildman–Crippen LogP) is 10.8. The summed E-state index contributed by atoms with van der Waals surface area (Å²) < 4.78 is 4.43. The molecule has 0 atom stereocenters. The van der Waals surface area contributed by atoms with E-state index in [1.807, 2.05) is 84.9 Å².